The number of ether oxygens (including phenoxy) is 2. The van der Waals surface area contributed by atoms with E-state index in [1.165, 1.54) is 28.3 Å². The fourth-order valence-corrected chi connectivity index (χ4v) is 4.38. The van der Waals surface area contributed by atoms with Crippen LogP contribution in [0.15, 0.2) is 30.6 Å². The predicted octanol–water partition coefficient (Wildman–Crippen LogP) is 5.07. The van der Waals surface area contributed by atoms with Gasteiger partial charge in [-0.05, 0) is 63.8 Å². The molecule has 3 amide bonds. The molecule has 0 radical (unpaired) electrons. The van der Waals surface area contributed by atoms with Gasteiger partial charge in [0.25, 0.3) is 0 Å². The first-order valence-electron chi connectivity index (χ1n) is 12.1. The Balaban J connectivity index is 1.82. The quantitative estimate of drug-likeness (QED) is 0.508. The van der Waals surface area contributed by atoms with Crippen LogP contribution in [0.5, 0.6) is 5.88 Å². The maximum Gasteiger partial charge on any atom is 0.415 e. The van der Waals surface area contributed by atoms with Crippen LogP contribution in [0.2, 0.25) is 0 Å². The summed E-state index contributed by atoms with van der Waals surface area (Å²) in [6, 6.07) is 5.35. The average molecular weight is 521 g/mol. The van der Waals surface area contributed by atoms with Crippen molar-refractivity contribution in [2.45, 2.75) is 52.7 Å². The van der Waals surface area contributed by atoms with Gasteiger partial charge in [-0.2, -0.15) is 5.26 Å². The number of aromatic nitrogens is 2. The number of nitriles is 1. The zero-order chi connectivity index (χ0) is 27.8. The van der Waals surface area contributed by atoms with E-state index in [-0.39, 0.29) is 36.8 Å². The number of amides is 3. The Bertz CT molecular complexity index is 1460. The molecule has 1 atom stereocenters. The fourth-order valence-electron chi connectivity index (χ4n) is 4.38. The highest BCUT2D eigenvalue weighted by molar-refractivity contribution is 5.96. The van der Waals surface area contributed by atoms with Gasteiger partial charge in [-0.3, -0.25) is 9.80 Å². The number of carbonyl (C=O) groups excluding carboxylic acids is 2. The summed E-state index contributed by atoms with van der Waals surface area (Å²) >= 11 is 0. The van der Waals surface area contributed by atoms with Gasteiger partial charge < -0.3 is 15.2 Å². The minimum atomic E-state index is -0.751. The summed E-state index contributed by atoms with van der Waals surface area (Å²) in [5.41, 5.74) is 6.58. The van der Waals surface area contributed by atoms with Gasteiger partial charge in [0.2, 0.25) is 5.88 Å². The molecule has 198 valence electrons. The van der Waals surface area contributed by atoms with Crippen molar-refractivity contribution in [2.75, 3.05) is 23.0 Å². The standard InChI is InChI=1S/C27H29FN6O4/c1-15(6-7-29)34(25(30)35)22-12-17-10-19(21(28)11-18(17)13-31-22)20-14-32-24-23(16(20)2)33(8-9-37-24)26(36)38-27(3,4)5/h10-15H,6,8-9H2,1-5H3,(H2,30,35). The van der Waals surface area contributed by atoms with E-state index in [1.54, 1.807) is 46.8 Å². The molecular formula is C27H29FN6O4. The minimum absolute atomic E-state index is 0.0630. The zero-order valence-corrected chi connectivity index (χ0v) is 21.9. The van der Waals surface area contributed by atoms with Crippen molar-refractivity contribution >= 4 is 34.4 Å². The van der Waals surface area contributed by atoms with E-state index < -0.39 is 29.6 Å². The van der Waals surface area contributed by atoms with Gasteiger partial charge in [-0.1, -0.05) is 0 Å². The molecular weight excluding hydrogens is 491 g/mol. The molecule has 0 saturated heterocycles. The number of nitrogens with two attached hydrogens (primary N) is 1. The van der Waals surface area contributed by atoms with E-state index in [0.29, 0.717) is 27.6 Å². The minimum Gasteiger partial charge on any atom is -0.474 e. The zero-order valence-electron chi connectivity index (χ0n) is 21.9. The lowest BCUT2D eigenvalue weighted by molar-refractivity contribution is 0.0566. The third kappa shape index (κ3) is 5.16. The van der Waals surface area contributed by atoms with Crippen molar-refractivity contribution in [3.63, 3.8) is 0 Å². The highest BCUT2D eigenvalue weighted by Crippen LogP contribution is 2.40. The number of benzene rings is 1. The van der Waals surface area contributed by atoms with Crippen LogP contribution >= 0.6 is 0 Å². The van der Waals surface area contributed by atoms with Crippen LogP contribution < -0.4 is 20.3 Å². The maximum absolute atomic E-state index is 15.4. The van der Waals surface area contributed by atoms with E-state index in [9.17, 15) is 9.59 Å². The Morgan fingerprint density at radius 2 is 1.97 bits per heavy atom. The van der Waals surface area contributed by atoms with Gasteiger partial charge in [0, 0.05) is 28.9 Å². The summed E-state index contributed by atoms with van der Waals surface area (Å²) in [4.78, 5) is 36.4. The molecule has 11 heteroatoms. The monoisotopic (exact) mass is 520 g/mol. The van der Waals surface area contributed by atoms with Crippen molar-refractivity contribution in [1.29, 1.82) is 5.26 Å². The first-order valence-corrected chi connectivity index (χ1v) is 12.1. The van der Waals surface area contributed by atoms with Crippen molar-refractivity contribution in [3.05, 3.63) is 42.0 Å². The summed E-state index contributed by atoms with van der Waals surface area (Å²) in [6.45, 7) is 9.30. The molecule has 1 aromatic carbocycles. The summed E-state index contributed by atoms with van der Waals surface area (Å²) < 4.78 is 26.6. The van der Waals surface area contributed by atoms with Crippen LogP contribution in [0.4, 0.5) is 25.5 Å². The lowest BCUT2D eigenvalue weighted by atomic mass is 9.97. The van der Waals surface area contributed by atoms with Crippen LogP contribution in [0.3, 0.4) is 0 Å². The number of urea groups is 1. The highest BCUT2D eigenvalue weighted by atomic mass is 19.1. The molecule has 3 aromatic rings. The van der Waals surface area contributed by atoms with Gasteiger partial charge in [0.15, 0.2) is 0 Å². The number of primary amides is 1. The molecule has 1 aliphatic rings. The molecule has 3 heterocycles. The van der Waals surface area contributed by atoms with Crippen molar-refractivity contribution in [1.82, 2.24) is 9.97 Å². The summed E-state index contributed by atoms with van der Waals surface area (Å²) in [5, 5.41) is 10.2. The van der Waals surface area contributed by atoms with E-state index in [2.05, 4.69) is 9.97 Å². The number of rotatable bonds is 4. The Hall–Kier alpha value is -4.46. The molecule has 0 saturated carbocycles. The van der Waals surface area contributed by atoms with Gasteiger partial charge in [0.1, 0.15) is 29.5 Å². The lowest BCUT2D eigenvalue weighted by Gasteiger charge is -2.32. The number of nitrogens with zero attached hydrogens (tertiary/aromatic N) is 5. The summed E-state index contributed by atoms with van der Waals surface area (Å²) in [7, 11) is 0. The molecule has 38 heavy (non-hydrogen) atoms. The van der Waals surface area contributed by atoms with Crippen LogP contribution in [0.1, 0.15) is 39.7 Å². The molecule has 1 unspecified atom stereocenters. The molecule has 1 aliphatic heterocycles. The molecule has 2 aromatic heterocycles. The number of carbonyl (C=O) groups is 2. The number of anilines is 2. The van der Waals surface area contributed by atoms with Crippen molar-refractivity contribution in [3.8, 4) is 23.1 Å². The lowest BCUT2D eigenvalue weighted by Crippen LogP contribution is -2.42. The Labute approximate surface area is 219 Å². The van der Waals surface area contributed by atoms with Crippen LogP contribution in [0, 0.1) is 24.1 Å². The first kappa shape index (κ1) is 26.6. The number of fused-ring (bicyclic) bond motifs is 2. The van der Waals surface area contributed by atoms with Gasteiger partial charge >= 0.3 is 12.1 Å². The Kier molecular flexibility index (Phi) is 7.09. The van der Waals surface area contributed by atoms with Gasteiger partial charge in [0.05, 0.1) is 25.1 Å². The number of hydrogen-bond donors (Lipinski definition) is 1. The summed E-state index contributed by atoms with van der Waals surface area (Å²) in [5.74, 6) is -0.00299. The largest absolute Gasteiger partial charge is 0.474 e. The Morgan fingerprint density at radius 3 is 2.63 bits per heavy atom. The topological polar surface area (TPSA) is 135 Å². The van der Waals surface area contributed by atoms with Crippen LogP contribution in [-0.2, 0) is 4.74 Å². The normalized spacial score (nSPS) is 13.8. The predicted molar refractivity (Wildman–Crippen MR) is 140 cm³/mol. The van der Waals surface area contributed by atoms with E-state index >= 15 is 4.39 Å². The van der Waals surface area contributed by atoms with Crippen molar-refractivity contribution < 1.29 is 23.5 Å². The third-order valence-corrected chi connectivity index (χ3v) is 6.11. The number of halogens is 1. The van der Waals surface area contributed by atoms with Gasteiger partial charge in [-0.25, -0.2) is 23.9 Å². The second-order valence-corrected chi connectivity index (χ2v) is 10.1. The fraction of sp³-hybridized carbons (Fsp3) is 0.370. The van der Waals surface area contributed by atoms with E-state index in [4.69, 9.17) is 20.5 Å². The molecule has 0 spiro atoms. The molecule has 0 aliphatic carbocycles. The SMILES string of the molecule is Cc1c(-c2cc3cc(N(C(N)=O)C(C)CC#N)ncc3cc2F)cnc2c1N(C(=O)OC(C)(C)C)CCO2. The van der Waals surface area contributed by atoms with E-state index in [0.717, 1.165) is 0 Å². The first-order chi connectivity index (χ1) is 17.9. The van der Waals surface area contributed by atoms with Gasteiger partial charge in [-0.15, -0.1) is 0 Å². The highest BCUT2D eigenvalue weighted by Gasteiger charge is 2.32. The van der Waals surface area contributed by atoms with Crippen LogP contribution in [-0.4, -0.2) is 46.9 Å². The second-order valence-electron chi connectivity index (χ2n) is 10.1. The van der Waals surface area contributed by atoms with E-state index in [1.807, 2.05) is 6.07 Å². The summed E-state index contributed by atoms with van der Waals surface area (Å²) in [6.07, 6.45) is 2.47. The molecule has 0 fully saturated rings. The third-order valence-electron chi connectivity index (χ3n) is 6.11. The number of pyridine rings is 2. The molecule has 0 bridgehead atoms. The van der Waals surface area contributed by atoms with Crippen molar-refractivity contribution in [2.24, 2.45) is 5.73 Å². The maximum atomic E-state index is 15.4. The Morgan fingerprint density at radius 1 is 1.24 bits per heavy atom. The molecule has 4 rings (SSSR count). The smallest absolute Gasteiger partial charge is 0.415 e. The van der Waals surface area contributed by atoms with Crippen LogP contribution in [0.25, 0.3) is 21.9 Å². The second kappa shape index (κ2) is 10.1. The number of hydrogen-bond acceptors (Lipinski definition) is 7. The molecule has 10 nitrogen and oxygen atoms in total. The average Bonchev–Trinajstić information content (AvgIpc) is 2.83. The molecule has 2 N–H and O–H groups in total.